The number of nitrogens with one attached hydrogen (secondary N) is 3. The van der Waals surface area contributed by atoms with Gasteiger partial charge in [0.05, 0.1) is 12.7 Å². The number of ether oxygens (including phenoxy) is 1. The summed E-state index contributed by atoms with van der Waals surface area (Å²) in [7, 11) is 1.54. The maximum absolute atomic E-state index is 12.8. The molecule has 0 atom stereocenters. The SMILES string of the molecule is CCCNC(=O)C(=N)N(C(=N)c1cc(C(C)C)c(OC)cc1O)c1ccc(CN2CCC(C)CC2)cc1. The summed E-state index contributed by atoms with van der Waals surface area (Å²) in [6.07, 6.45) is 3.14. The van der Waals surface area contributed by atoms with E-state index in [4.69, 9.17) is 15.6 Å². The molecule has 4 N–H and O–H groups in total. The predicted octanol–water partition coefficient (Wildman–Crippen LogP) is 5.09. The number of nitrogens with zero attached hydrogens (tertiary/aromatic N) is 2. The van der Waals surface area contributed by atoms with E-state index in [-0.39, 0.29) is 28.9 Å². The van der Waals surface area contributed by atoms with Gasteiger partial charge in [-0.3, -0.25) is 25.4 Å². The number of carbonyl (C=O) groups is 1. The van der Waals surface area contributed by atoms with Crippen LogP contribution in [-0.4, -0.2) is 54.3 Å². The molecule has 0 saturated carbocycles. The number of phenols is 1. The van der Waals surface area contributed by atoms with Gasteiger partial charge in [-0.2, -0.15) is 0 Å². The predicted molar refractivity (Wildman–Crippen MR) is 149 cm³/mol. The van der Waals surface area contributed by atoms with Gasteiger partial charge in [0.25, 0.3) is 5.91 Å². The molecule has 0 spiro atoms. The Labute approximate surface area is 220 Å². The maximum Gasteiger partial charge on any atom is 0.287 e. The van der Waals surface area contributed by atoms with E-state index >= 15 is 0 Å². The normalized spacial score (nSPS) is 14.4. The number of rotatable bonds is 8. The van der Waals surface area contributed by atoms with Gasteiger partial charge in [0.1, 0.15) is 17.3 Å². The topological polar surface area (TPSA) is 113 Å². The minimum absolute atomic E-state index is 0.0833. The molecule has 0 radical (unpaired) electrons. The minimum atomic E-state index is -0.574. The van der Waals surface area contributed by atoms with Crippen LogP contribution in [0, 0.1) is 16.7 Å². The standard InChI is InChI=1S/C29H41N5O3/c1-6-13-32-29(36)28(31)34(27(30)24-16-23(19(2)3)26(37-5)17-25(24)35)22-9-7-21(8-10-22)18-33-14-11-20(4)12-15-33/h7-10,16-17,19-20,30-31,35H,6,11-15,18H2,1-5H3,(H,32,36). The molecule has 3 rings (SSSR count). The van der Waals surface area contributed by atoms with Gasteiger partial charge in [0.2, 0.25) is 0 Å². The monoisotopic (exact) mass is 507 g/mol. The summed E-state index contributed by atoms with van der Waals surface area (Å²) in [4.78, 5) is 16.5. The summed E-state index contributed by atoms with van der Waals surface area (Å²) in [5.41, 5.74) is 2.71. The van der Waals surface area contributed by atoms with Crippen LogP contribution in [0.1, 0.15) is 69.6 Å². The summed E-state index contributed by atoms with van der Waals surface area (Å²) in [5.74, 6) is 0.134. The molecule has 2 aromatic rings. The second-order valence-electron chi connectivity index (χ2n) is 10.2. The molecule has 2 aromatic carbocycles. The number of amides is 1. The second-order valence-corrected chi connectivity index (χ2v) is 10.2. The molecule has 37 heavy (non-hydrogen) atoms. The van der Waals surface area contributed by atoms with Crippen molar-refractivity contribution in [3.8, 4) is 11.5 Å². The Kier molecular flexibility index (Phi) is 9.69. The first kappa shape index (κ1) is 28.2. The highest BCUT2D eigenvalue weighted by molar-refractivity contribution is 6.48. The molecule has 1 aliphatic heterocycles. The number of carbonyl (C=O) groups excluding carboxylic acids is 1. The molecule has 8 heteroatoms. The highest BCUT2D eigenvalue weighted by Crippen LogP contribution is 2.34. The number of piperidine rings is 1. The summed E-state index contributed by atoms with van der Waals surface area (Å²) >= 11 is 0. The third kappa shape index (κ3) is 6.89. The van der Waals surface area contributed by atoms with Gasteiger partial charge < -0.3 is 15.2 Å². The van der Waals surface area contributed by atoms with Gasteiger partial charge in [-0.1, -0.05) is 39.8 Å². The quantitative estimate of drug-likeness (QED) is 0.294. The number of anilines is 1. The summed E-state index contributed by atoms with van der Waals surface area (Å²) < 4.78 is 5.42. The smallest absolute Gasteiger partial charge is 0.287 e. The highest BCUT2D eigenvalue weighted by Gasteiger charge is 2.27. The van der Waals surface area contributed by atoms with Crippen molar-refractivity contribution in [3.05, 3.63) is 53.1 Å². The van der Waals surface area contributed by atoms with Gasteiger partial charge in [0, 0.05) is 24.8 Å². The Morgan fingerprint density at radius 2 is 1.84 bits per heavy atom. The average Bonchev–Trinajstić information content (AvgIpc) is 2.89. The third-order valence-corrected chi connectivity index (χ3v) is 6.90. The lowest BCUT2D eigenvalue weighted by Crippen LogP contribution is -2.46. The lowest BCUT2D eigenvalue weighted by atomic mass is 9.97. The van der Waals surface area contributed by atoms with Gasteiger partial charge in [-0.15, -0.1) is 0 Å². The zero-order valence-corrected chi connectivity index (χ0v) is 22.7. The molecular weight excluding hydrogens is 466 g/mol. The molecule has 1 fully saturated rings. The first-order valence-corrected chi connectivity index (χ1v) is 13.1. The first-order valence-electron chi connectivity index (χ1n) is 13.1. The molecule has 1 heterocycles. The van der Waals surface area contributed by atoms with Crippen LogP contribution in [0.4, 0.5) is 5.69 Å². The van der Waals surface area contributed by atoms with E-state index < -0.39 is 5.91 Å². The lowest BCUT2D eigenvalue weighted by Gasteiger charge is -2.30. The van der Waals surface area contributed by atoms with Crippen molar-refractivity contribution in [2.45, 2.75) is 59.4 Å². The fourth-order valence-electron chi connectivity index (χ4n) is 4.55. The van der Waals surface area contributed by atoms with Crippen LogP contribution < -0.4 is 15.0 Å². The number of hydrogen-bond acceptors (Lipinski definition) is 6. The van der Waals surface area contributed by atoms with Crippen molar-refractivity contribution in [2.75, 3.05) is 31.6 Å². The van der Waals surface area contributed by atoms with Gasteiger partial charge >= 0.3 is 0 Å². The first-order chi connectivity index (χ1) is 17.7. The van der Waals surface area contributed by atoms with Crippen molar-refractivity contribution in [1.82, 2.24) is 10.2 Å². The van der Waals surface area contributed by atoms with Gasteiger partial charge in [-0.05, 0) is 73.5 Å². The Bertz CT molecular complexity index is 1110. The van der Waals surface area contributed by atoms with Crippen molar-refractivity contribution in [1.29, 1.82) is 10.8 Å². The molecule has 0 aliphatic carbocycles. The van der Waals surface area contributed by atoms with Crippen molar-refractivity contribution in [3.63, 3.8) is 0 Å². The van der Waals surface area contributed by atoms with Crippen LogP contribution in [0.15, 0.2) is 36.4 Å². The van der Waals surface area contributed by atoms with Gasteiger partial charge in [0.15, 0.2) is 5.84 Å². The van der Waals surface area contributed by atoms with Crippen LogP contribution >= 0.6 is 0 Å². The molecule has 1 saturated heterocycles. The van der Waals surface area contributed by atoms with Crippen molar-refractivity contribution in [2.24, 2.45) is 5.92 Å². The van der Waals surface area contributed by atoms with Gasteiger partial charge in [-0.25, -0.2) is 0 Å². The van der Waals surface area contributed by atoms with E-state index in [1.807, 2.05) is 45.0 Å². The minimum Gasteiger partial charge on any atom is -0.507 e. The molecular formula is C29H41N5O3. The number of benzene rings is 2. The number of hydrogen-bond donors (Lipinski definition) is 4. The van der Waals surface area contributed by atoms with Crippen LogP contribution in [0.25, 0.3) is 0 Å². The van der Waals surface area contributed by atoms with E-state index in [9.17, 15) is 9.90 Å². The van der Waals surface area contributed by atoms with E-state index in [2.05, 4.69) is 17.1 Å². The number of methoxy groups -OCH3 is 1. The highest BCUT2D eigenvalue weighted by atomic mass is 16.5. The maximum atomic E-state index is 12.8. The molecule has 0 bridgehead atoms. The fourth-order valence-corrected chi connectivity index (χ4v) is 4.55. The molecule has 1 amide bonds. The number of phenolic OH excluding ortho intramolecular Hbond substituents is 1. The number of aromatic hydroxyl groups is 1. The van der Waals surface area contributed by atoms with E-state index in [1.165, 1.54) is 30.9 Å². The van der Waals surface area contributed by atoms with E-state index in [0.717, 1.165) is 43.1 Å². The molecule has 1 aliphatic rings. The van der Waals surface area contributed by atoms with Crippen LogP contribution in [0.5, 0.6) is 11.5 Å². The van der Waals surface area contributed by atoms with E-state index in [1.54, 1.807) is 6.07 Å². The largest absolute Gasteiger partial charge is 0.507 e. The lowest BCUT2D eigenvalue weighted by molar-refractivity contribution is -0.114. The fraction of sp³-hybridized carbons (Fsp3) is 0.483. The van der Waals surface area contributed by atoms with E-state index in [0.29, 0.717) is 18.0 Å². The second kappa shape index (κ2) is 12.7. The Balaban J connectivity index is 1.95. The summed E-state index contributed by atoms with van der Waals surface area (Å²) in [6, 6.07) is 10.8. The molecule has 200 valence electrons. The Morgan fingerprint density at radius 3 is 2.41 bits per heavy atom. The van der Waals surface area contributed by atoms with Crippen molar-refractivity contribution >= 4 is 23.3 Å². The van der Waals surface area contributed by atoms with Crippen LogP contribution in [-0.2, 0) is 11.3 Å². The Morgan fingerprint density at radius 1 is 1.19 bits per heavy atom. The summed E-state index contributed by atoms with van der Waals surface area (Å²) in [6.45, 7) is 11.7. The van der Waals surface area contributed by atoms with Crippen LogP contribution in [0.3, 0.4) is 0 Å². The van der Waals surface area contributed by atoms with Crippen molar-refractivity contribution < 1.29 is 14.6 Å². The average molecular weight is 508 g/mol. The zero-order valence-electron chi connectivity index (χ0n) is 22.7. The zero-order chi connectivity index (χ0) is 27.1. The Hall–Kier alpha value is -3.39. The molecule has 0 aromatic heterocycles. The molecule has 0 unspecified atom stereocenters. The third-order valence-electron chi connectivity index (χ3n) is 6.90. The number of amidine groups is 2. The van der Waals surface area contributed by atoms with Crippen LogP contribution in [0.2, 0.25) is 0 Å². The molecule has 8 nitrogen and oxygen atoms in total. The summed E-state index contributed by atoms with van der Waals surface area (Å²) in [5, 5.41) is 31.2. The number of likely N-dealkylation sites (tertiary alicyclic amines) is 1.